The fraction of sp³-hybridized carbons (Fsp3) is 0.333. The number of rotatable bonds is 5. The Morgan fingerprint density at radius 2 is 2.17 bits per heavy atom. The number of thiophene rings is 1. The maximum atomic E-state index is 5.56. The lowest BCUT2D eigenvalue weighted by Crippen LogP contribution is -2.17. The van der Waals surface area contributed by atoms with Crippen molar-refractivity contribution in [2.24, 2.45) is 0 Å². The van der Waals surface area contributed by atoms with Gasteiger partial charge in [-0.1, -0.05) is 12.1 Å². The zero-order chi connectivity index (χ0) is 13.0. The van der Waals surface area contributed by atoms with Gasteiger partial charge in [-0.3, -0.25) is 0 Å². The van der Waals surface area contributed by atoms with Crippen LogP contribution in [0.5, 0.6) is 5.75 Å². The fourth-order valence-electron chi connectivity index (χ4n) is 2.08. The molecule has 0 radical (unpaired) electrons. The molecule has 1 aromatic heterocycles. The molecule has 1 unspecified atom stereocenters. The number of hydrogen-bond donors (Lipinski definition) is 1. The summed E-state index contributed by atoms with van der Waals surface area (Å²) in [6.07, 6.45) is 0. The Hall–Kier alpha value is -1.32. The summed E-state index contributed by atoms with van der Waals surface area (Å²) in [4.78, 5) is 1.37. The Bertz CT molecular complexity index is 507. The van der Waals surface area contributed by atoms with Crippen LogP contribution in [0.15, 0.2) is 35.7 Å². The molecule has 0 bridgehead atoms. The number of ether oxygens (including phenoxy) is 1. The van der Waals surface area contributed by atoms with E-state index in [2.05, 4.69) is 35.8 Å². The smallest absolute Gasteiger partial charge is 0.119 e. The molecule has 1 heterocycles. The lowest BCUT2D eigenvalue weighted by molar-refractivity contribution is 0.339. The molecule has 0 spiro atoms. The average Bonchev–Trinajstić information content (AvgIpc) is 2.78. The van der Waals surface area contributed by atoms with Crippen molar-refractivity contribution < 1.29 is 4.74 Å². The zero-order valence-electron chi connectivity index (χ0n) is 11.1. The molecule has 2 nitrogen and oxygen atoms in total. The molecule has 2 aromatic rings. The van der Waals surface area contributed by atoms with Crippen LogP contribution in [0.3, 0.4) is 0 Å². The van der Waals surface area contributed by atoms with E-state index >= 15 is 0 Å². The second-order valence-corrected chi connectivity index (χ2v) is 5.14. The van der Waals surface area contributed by atoms with Crippen molar-refractivity contribution in [3.8, 4) is 5.75 Å². The standard InChI is InChI=1S/C15H19NOS/c1-4-17-13-7-5-6-12(10-13)14(16-3)15-11(2)8-9-18-15/h5-10,14,16H,4H2,1-3H3. The quantitative estimate of drug-likeness (QED) is 0.884. The normalized spacial score (nSPS) is 12.4. The van der Waals surface area contributed by atoms with E-state index in [1.54, 1.807) is 11.3 Å². The molecule has 1 aromatic carbocycles. The highest BCUT2D eigenvalue weighted by Crippen LogP contribution is 2.30. The molecule has 0 saturated carbocycles. The van der Waals surface area contributed by atoms with E-state index in [-0.39, 0.29) is 6.04 Å². The third kappa shape index (κ3) is 2.74. The Morgan fingerprint density at radius 1 is 1.33 bits per heavy atom. The summed E-state index contributed by atoms with van der Waals surface area (Å²) in [5, 5.41) is 5.53. The van der Waals surface area contributed by atoms with Crippen LogP contribution in [0, 0.1) is 6.92 Å². The average molecular weight is 261 g/mol. The van der Waals surface area contributed by atoms with E-state index in [0.717, 1.165) is 5.75 Å². The predicted molar refractivity (Wildman–Crippen MR) is 77.6 cm³/mol. The molecule has 0 saturated heterocycles. The Labute approximate surface area is 113 Å². The first-order valence-corrected chi connectivity index (χ1v) is 7.08. The maximum absolute atomic E-state index is 5.56. The fourth-order valence-corrected chi connectivity index (χ4v) is 3.14. The van der Waals surface area contributed by atoms with Crippen molar-refractivity contribution >= 4 is 11.3 Å². The molecule has 0 aliphatic rings. The highest BCUT2D eigenvalue weighted by atomic mass is 32.1. The van der Waals surface area contributed by atoms with Crippen molar-refractivity contribution in [1.29, 1.82) is 0 Å². The predicted octanol–water partition coefficient (Wildman–Crippen LogP) is 3.76. The summed E-state index contributed by atoms with van der Waals surface area (Å²) in [5.74, 6) is 0.935. The number of benzene rings is 1. The molecule has 0 aliphatic carbocycles. The Kier molecular flexibility index (Phi) is 4.39. The molecular weight excluding hydrogens is 242 g/mol. The summed E-state index contributed by atoms with van der Waals surface area (Å²) in [7, 11) is 2.00. The zero-order valence-corrected chi connectivity index (χ0v) is 11.9. The second kappa shape index (κ2) is 6.03. The second-order valence-electron chi connectivity index (χ2n) is 4.20. The van der Waals surface area contributed by atoms with E-state index in [0.29, 0.717) is 6.61 Å². The van der Waals surface area contributed by atoms with Crippen LogP contribution >= 0.6 is 11.3 Å². The Balaban J connectivity index is 2.33. The van der Waals surface area contributed by atoms with Gasteiger partial charge in [-0.25, -0.2) is 0 Å². The van der Waals surface area contributed by atoms with E-state index in [4.69, 9.17) is 4.74 Å². The Morgan fingerprint density at radius 3 is 2.78 bits per heavy atom. The van der Waals surface area contributed by atoms with Gasteiger partial charge in [0.1, 0.15) is 5.75 Å². The van der Waals surface area contributed by atoms with E-state index in [1.165, 1.54) is 16.0 Å². The molecule has 0 amide bonds. The van der Waals surface area contributed by atoms with Gasteiger partial charge in [0.2, 0.25) is 0 Å². The van der Waals surface area contributed by atoms with Gasteiger partial charge < -0.3 is 10.1 Å². The van der Waals surface area contributed by atoms with Crippen molar-refractivity contribution in [2.45, 2.75) is 19.9 Å². The molecule has 1 atom stereocenters. The first-order valence-electron chi connectivity index (χ1n) is 6.20. The third-order valence-corrected chi connectivity index (χ3v) is 4.04. The van der Waals surface area contributed by atoms with Gasteiger partial charge in [0.25, 0.3) is 0 Å². The lowest BCUT2D eigenvalue weighted by atomic mass is 10.0. The minimum Gasteiger partial charge on any atom is -0.494 e. The van der Waals surface area contributed by atoms with Gasteiger partial charge >= 0.3 is 0 Å². The summed E-state index contributed by atoms with van der Waals surface area (Å²) in [6, 6.07) is 10.7. The largest absolute Gasteiger partial charge is 0.494 e. The van der Waals surface area contributed by atoms with Crippen LogP contribution in [-0.2, 0) is 0 Å². The topological polar surface area (TPSA) is 21.3 Å². The lowest BCUT2D eigenvalue weighted by Gasteiger charge is -2.17. The molecule has 18 heavy (non-hydrogen) atoms. The first kappa shape index (κ1) is 13.1. The van der Waals surface area contributed by atoms with Crippen LogP contribution in [0.2, 0.25) is 0 Å². The van der Waals surface area contributed by atoms with E-state index in [9.17, 15) is 0 Å². The summed E-state index contributed by atoms with van der Waals surface area (Å²) in [6.45, 7) is 4.86. The van der Waals surface area contributed by atoms with Gasteiger partial charge in [-0.05, 0) is 55.6 Å². The van der Waals surface area contributed by atoms with Gasteiger partial charge in [-0.15, -0.1) is 11.3 Å². The van der Waals surface area contributed by atoms with Crippen molar-refractivity contribution in [1.82, 2.24) is 5.32 Å². The maximum Gasteiger partial charge on any atom is 0.119 e. The van der Waals surface area contributed by atoms with Crippen LogP contribution in [0.1, 0.15) is 29.0 Å². The number of aryl methyl sites for hydroxylation is 1. The number of nitrogens with one attached hydrogen (secondary N) is 1. The third-order valence-electron chi connectivity index (χ3n) is 2.96. The molecule has 3 heteroatoms. The monoisotopic (exact) mass is 261 g/mol. The van der Waals surface area contributed by atoms with Crippen molar-refractivity contribution in [3.05, 3.63) is 51.7 Å². The molecule has 2 rings (SSSR count). The number of hydrogen-bond acceptors (Lipinski definition) is 3. The molecular formula is C15H19NOS. The van der Waals surface area contributed by atoms with E-state index in [1.807, 2.05) is 26.1 Å². The molecule has 1 N–H and O–H groups in total. The highest BCUT2D eigenvalue weighted by molar-refractivity contribution is 7.10. The van der Waals surface area contributed by atoms with E-state index < -0.39 is 0 Å². The summed E-state index contributed by atoms with van der Waals surface area (Å²) < 4.78 is 5.56. The van der Waals surface area contributed by atoms with Crippen LogP contribution < -0.4 is 10.1 Å². The van der Waals surface area contributed by atoms with Gasteiger partial charge in [0, 0.05) is 4.88 Å². The molecule has 96 valence electrons. The van der Waals surface area contributed by atoms with Crippen LogP contribution in [-0.4, -0.2) is 13.7 Å². The van der Waals surface area contributed by atoms with Crippen LogP contribution in [0.4, 0.5) is 0 Å². The summed E-state index contributed by atoms with van der Waals surface area (Å²) in [5.41, 5.74) is 2.58. The van der Waals surface area contributed by atoms with Gasteiger partial charge in [-0.2, -0.15) is 0 Å². The molecule has 0 fully saturated rings. The van der Waals surface area contributed by atoms with Crippen molar-refractivity contribution in [3.63, 3.8) is 0 Å². The summed E-state index contributed by atoms with van der Waals surface area (Å²) >= 11 is 1.79. The van der Waals surface area contributed by atoms with Crippen molar-refractivity contribution in [2.75, 3.05) is 13.7 Å². The minimum absolute atomic E-state index is 0.241. The SMILES string of the molecule is CCOc1cccc(C(NC)c2sccc2C)c1. The highest BCUT2D eigenvalue weighted by Gasteiger charge is 2.15. The van der Waals surface area contributed by atoms with Gasteiger partial charge in [0.05, 0.1) is 12.6 Å². The first-order chi connectivity index (χ1) is 8.76. The van der Waals surface area contributed by atoms with Gasteiger partial charge in [0.15, 0.2) is 0 Å². The molecule has 0 aliphatic heterocycles. The van der Waals surface area contributed by atoms with Crippen LogP contribution in [0.25, 0.3) is 0 Å². The minimum atomic E-state index is 0.241.